The van der Waals surface area contributed by atoms with Crippen molar-refractivity contribution in [2.45, 2.75) is 56.1 Å². The van der Waals surface area contributed by atoms with Gasteiger partial charge in [0.05, 0.1) is 0 Å². The van der Waals surface area contributed by atoms with Gasteiger partial charge in [0.2, 0.25) is 17.7 Å². The average molecular weight is 577 g/mol. The van der Waals surface area contributed by atoms with Crippen LogP contribution in [0.4, 0.5) is 8.78 Å². The third-order valence-corrected chi connectivity index (χ3v) is 8.25. The lowest BCUT2D eigenvalue weighted by Gasteiger charge is -2.37. The van der Waals surface area contributed by atoms with E-state index in [0.29, 0.717) is 12.0 Å². The Balaban J connectivity index is 1.62. The fraction of sp³-hybridized carbons (Fsp3) is 0.364. The molecule has 9 heteroatoms. The number of rotatable bonds is 11. The molecule has 1 saturated carbocycles. The van der Waals surface area contributed by atoms with Crippen LogP contribution in [0.1, 0.15) is 36.8 Å². The number of nitrogens with zero attached hydrogens (tertiary/aromatic N) is 2. The summed E-state index contributed by atoms with van der Waals surface area (Å²) in [5.41, 5.74) is 7.21. The zero-order valence-electron chi connectivity index (χ0n) is 24.3. The van der Waals surface area contributed by atoms with Crippen LogP contribution < -0.4 is 11.1 Å². The Hall–Kier alpha value is -4.11. The Morgan fingerprint density at radius 2 is 1.55 bits per heavy atom. The number of carbonyl (C=O) groups excluding carboxylic acids is 3. The van der Waals surface area contributed by atoms with Crippen molar-refractivity contribution in [2.75, 3.05) is 21.1 Å². The highest BCUT2D eigenvalue weighted by Crippen LogP contribution is 2.32. The van der Waals surface area contributed by atoms with E-state index < -0.39 is 35.5 Å². The molecule has 7 nitrogen and oxygen atoms in total. The van der Waals surface area contributed by atoms with Gasteiger partial charge in [0.15, 0.2) is 11.6 Å². The molecular weight excluding hydrogens is 538 g/mol. The Morgan fingerprint density at radius 3 is 2.19 bits per heavy atom. The minimum Gasteiger partial charge on any atom is -0.357 e. The molecule has 42 heavy (non-hydrogen) atoms. The molecule has 0 aliphatic heterocycles. The molecule has 3 aromatic rings. The van der Waals surface area contributed by atoms with Gasteiger partial charge in [-0.05, 0) is 65.8 Å². The van der Waals surface area contributed by atoms with Crippen molar-refractivity contribution in [1.82, 2.24) is 15.1 Å². The molecule has 3 amide bonds. The lowest BCUT2D eigenvalue weighted by atomic mass is 9.75. The van der Waals surface area contributed by atoms with Crippen molar-refractivity contribution < 1.29 is 23.2 Å². The van der Waals surface area contributed by atoms with E-state index in [1.807, 2.05) is 42.5 Å². The van der Waals surface area contributed by atoms with E-state index >= 15 is 0 Å². The highest BCUT2D eigenvalue weighted by molar-refractivity contribution is 5.95. The van der Waals surface area contributed by atoms with Crippen LogP contribution in [0.5, 0.6) is 0 Å². The van der Waals surface area contributed by atoms with E-state index in [9.17, 15) is 23.2 Å². The molecule has 0 spiro atoms. The lowest BCUT2D eigenvalue weighted by Crippen LogP contribution is -2.55. The maximum Gasteiger partial charge on any atom is 0.246 e. The summed E-state index contributed by atoms with van der Waals surface area (Å²) in [6.07, 6.45) is 6.84. The van der Waals surface area contributed by atoms with Gasteiger partial charge in [0.1, 0.15) is 12.1 Å². The van der Waals surface area contributed by atoms with Crippen LogP contribution in [0, 0.1) is 11.6 Å². The quantitative estimate of drug-likeness (QED) is 0.336. The first-order valence-electron chi connectivity index (χ1n) is 14.1. The van der Waals surface area contributed by atoms with Crippen molar-refractivity contribution in [3.05, 3.63) is 95.6 Å². The number of hydrogen-bond donors (Lipinski definition) is 2. The molecule has 2 atom stereocenters. The van der Waals surface area contributed by atoms with Crippen LogP contribution in [-0.2, 0) is 27.2 Å². The van der Waals surface area contributed by atoms with Gasteiger partial charge < -0.3 is 20.9 Å². The van der Waals surface area contributed by atoms with Crippen molar-refractivity contribution >= 4 is 28.5 Å². The molecule has 1 aliphatic carbocycles. The molecule has 3 aromatic carbocycles. The molecule has 1 aliphatic rings. The maximum atomic E-state index is 14.1. The fourth-order valence-electron chi connectivity index (χ4n) is 5.33. The number of likely N-dealkylation sites (N-methyl/N-ethyl adjacent to an activating group) is 3. The molecule has 4 rings (SSSR count). The van der Waals surface area contributed by atoms with Gasteiger partial charge in [-0.15, -0.1) is 0 Å². The number of fused-ring (bicyclic) bond motifs is 1. The van der Waals surface area contributed by atoms with Gasteiger partial charge in [-0.1, -0.05) is 54.6 Å². The third kappa shape index (κ3) is 7.20. The van der Waals surface area contributed by atoms with Gasteiger partial charge in [0, 0.05) is 39.5 Å². The summed E-state index contributed by atoms with van der Waals surface area (Å²) in [6, 6.07) is 15.1. The highest BCUT2D eigenvalue weighted by Gasteiger charge is 2.35. The number of nitrogens with two attached hydrogens (primary N) is 1. The van der Waals surface area contributed by atoms with Crippen molar-refractivity contribution in [3.63, 3.8) is 0 Å². The van der Waals surface area contributed by atoms with Gasteiger partial charge in [-0.25, -0.2) is 8.78 Å². The van der Waals surface area contributed by atoms with E-state index in [4.69, 9.17) is 5.73 Å². The van der Waals surface area contributed by atoms with Crippen molar-refractivity contribution in [2.24, 2.45) is 5.73 Å². The second kappa shape index (κ2) is 13.2. The van der Waals surface area contributed by atoms with Crippen LogP contribution in [0.3, 0.4) is 0 Å². The predicted molar refractivity (Wildman–Crippen MR) is 159 cm³/mol. The Kier molecular flexibility index (Phi) is 9.73. The number of nitrogens with one attached hydrogen (secondary N) is 1. The second-order valence-electron chi connectivity index (χ2n) is 11.2. The van der Waals surface area contributed by atoms with Gasteiger partial charge in [-0.3, -0.25) is 14.4 Å². The summed E-state index contributed by atoms with van der Waals surface area (Å²) in [6.45, 7) is 0. The van der Waals surface area contributed by atoms with E-state index in [1.165, 1.54) is 36.0 Å². The van der Waals surface area contributed by atoms with E-state index in [-0.39, 0.29) is 24.3 Å². The highest BCUT2D eigenvalue weighted by atomic mass is 19.2. The summed E-state index contributed by atoms with van der Waals surface area (Å²) in [7, 11) is 4.49. The standard InChI is InChI=1S/C33H38F2N4O3/c1-37-31(41)28(20-23-12-14-26(34)27(35)19-23)39(3)32(42)29(21-22-11-13-24-8-4-5-9-25(24)18-22)38(2)30(40)10-6-15-33(36)16-7-17-33/h4-6,8-14,18-19,28-29H,7,15-17,20-21,36H2,1-3H3,(H,37,41)/b10-6+/t28-,29-/m1/s1. The first kappa shape index (κ1) is 30.8. The van der Waals surface area contributed by atoms with Crippen LogP contribution in [0.2, 0.25) is 0 Å². The van der Waals surface area contributed by atoms with Crippen LogP contribution >= 0.6 is 0 Å². The monoisotopic (exact) mass is 576 g/mol. The minimum absolute atomic E-state index is 0.0437. The van der Waals surface area contributed by atoms with E-state index in [1.54, 1.807) is 13.1 Å². The smallest absolute Gasteiger partial charge is 0.246 e. The number of carbonyl (C=O) groups is 3. The molecule has 0 bridgehead atoms. The molecule has 0 heterocycles. The zero-order chi connectivity index (χ0) is 30.4. The lowest BCUT2D eigenvalue weighted by molar-refractivity contribution is -0.146. The third-order valence-electron chi connectivity index (χ3n) is 8.25. The largest absolute Gasteiger partial charge is 0.357 e. The Morgan fingerprint density at radius 1 is 0.905 bits per heavy atom. The summed E-state index contributed by atoms with van der Waals surface area (Å²) in [4.78, 5) is 43.0. The number of hydrogen-bond acceptors (Lipinski definition) is 4. The van der Waals surface area contributed by atoms with Gasteiger partial charge >= 0.3 is 0 Å². The summed E-state index contributed by atoms with van der Waals surface area (Å²) < 4.78 is 27.5. The summed E-state index contributed by atoms with van der Waals surface area (Å²) in [5, 5.41) is 4.60. The first-order chi connectivity index (χ1) is 20.0. The number of halogens is 2. The Bertz CT molecular complexity index is 1490. The molecular formula is C33H38F2N4O3. The topological polar surface area (TPSA) is 95.7 Å². The zero-order valence-corrected chi connectivity index (χ0v) is 24.3. The van der Waals surface area contributed by atoms with Crippen LogP contribution in [-0.4, -0.2) is 66.3 Å². The molecule has 0 aromatic heterocycles. The van der Waals surface area contributed by atoms with Crippen LogP contribution in [0.25, 0.3) is 10.8 Å². The minimum atomic E-state index is -1.04. The first-order valence-corrected chi connectivity index (χ1v) is 14.1. The van der Waals surface area contributed by atoms with Gasteiger partial charge in [0.25, 0.3) is 0 Å². The van der Waals surface area contributed by atoms with E-state index in [2.05, 4.69) is 5.32 Å². The second-order valence-corrected chi connectivity index (χ2v) is 11.2. The van der Waals surface area contributed by atoms with E-state index in [0.717, 1.165) is 47.7 Å². The number of amides is 3. The molecule has 0 unspecified atom stereocenters. The summed E-state index contributed by atoms with van der Waals surface area (Å²) in [5.74, 6) is -3.33. The number of benzene rings is 3. The average Bonchev–Trinajstić information content (AvgIpc) is 2.97. The van der Waals surface area contributed by atoms with Crippen molar-refractivity contribution in [1.29, 1.82) is 0 Å². The molecule has 222 valence electrons. The molecule has 0 radical (unpaired) electrons. The maximum absolute atomic E-state index is 14.1. The fourth-order valence-corrected chi connectivity index (χ4v) is 5.33. The predicted octanol–water partition coefficient (Wildman–Crippen LogP) is 4.13. The SMILES string of the molecule is CNC(=O)[C@@H](Cc1ccc(F)c(F)c1)N(C)C(=O)[C@@H](Cc1ccc2ccccc2c1)N(C)C(=O)/C=C/CC1(N)CCC1. The van der Waals surface area contributed by atoms with Crippen molar-refractivity contribution in [3.8, 4) is 0 Å². The summed E-state index contributed by atoms with van der Waals surface area (Å²) >= 11 is 0. The molecule has 0 saturated heterocycles. The Labute approximate surface area is 245 Å². The van der Waals surface area contributed by atoms with Crippen LogP contribution in [0.15, 0.2) is 72.8 Å². The molecule has 3 N–H and O–H groups in total. The van der Waals surface area contributed by atoms with Gasteiger partial charge in [-0.2, -0.15) is 0 Å². The molecule has 1 fully saturated rings. The normalized spacial score (nSPS) is 15.6.